The number of furan rings is 1. The summed E-state index contributed by atoms with van der Waals surface area (Å²) in [6.07, 6.45) is 1.35. The number of esters is 1. The largest absolute Gasteiger partial charge is 0.492 e. The van der Waals surface area contributed by atoms with Crippen molar-refractivity contribution in [3.05, 3.63) is 71.8 Å². The number of carbonyl (C=O) groups is 2. The summed E-state index contributed by atoms with van der Waals surface area (Å²) in [6.45, 7) is 1.86. The third kappa shape index (κ3) is 3.69. The molecule has 0 atom stereocenters. The van der Waals surface area contributed by atoms with Crippen molar-refractivity contribution in [3.8, 4) is 16.9 Å². The third-order valence-corrected chi connectivity index (χ3v) is 7.00. The second-order valence-electron chi connectivity index (χ2n) is 7.11. The van der Waals surface area contributed by atoms with Crippen molar-refractivity contribution in [2.45, 2.75) is 11.8 Å². The molecule has 0 unspecified atom stereocenters. The van der Waals surface area contributed by atoms with Gasteiger partial charge >= 0.3 is 5.97 Å². The summed E-state index contributed by atoms with van der Waals surface area (Å²) < 4.78 is 43.6. The van der Waals surface area contributed by atoms with Gasteiger partial charge in [-0.3, -0.25) is 4.79 Å². The Bertz CT molecular complexity index is 1500. The van der Waals surface area contributed by atoms with Gasteiger partial charge in [-0.1, -0.05) is 35.9 Å². The Hall–Kier alpha value is -3.56. The zero-order chi connectivity index (χ0) is 23.9. The van der Waals surface area contributed by atoms with E-state index in [1.165, 1.54) is 25.4 Å². The van der Waals surface area contributed by atoms with Gasteiger partial charge in [0.15, 0.2) is 5.75 Å². The lowest BCUT2D eigenvalue weighted by molar-refractivity contribution is 0.0565. The fourth-order valence-electron chi connectivity index (χ4n) is 3.59. The highest BCUT2D eigenvalue weighted by atomic mass is 35.5. The van der Waals surface area contributed by atoms with Crippen molar-refractivity contribution in [2.75, 3.05) is 14.2 Å². The minimum atomic E-state index is -4.00. The van der Waals surface area contributed by atoms with E-state index in [2.05, 4.69) is 0 Å². The van der Waals surface area contributed by atoms with Crippen LogP contribution >= 0.6 is 11.6 Å². The standard InChI is InChI=1S/C23H18ClNO7S/c1-13-8-10-14(11-9-13)33(28,29)25-12-16(15-6-4-5-7-17(15)25)18-19(30-2)21(22(24)26)32-20(18)23(27)31-3/h4-12H,1-3H3. The Morgan fingerprint density at radius 3 is 2.27 bits per heavy atom. The average Bonchev–Trinajstić information content (AvgIpc) is 3.38. The van der Waals surface area contributed by atoms with Crippen LogP contribution in [-0.4, -0.2) is 37.8 Å². The molecule has 2 aromatic heterocycles. The van der Waals surface area contributed by atoms with Gasteiger partial charge in [-0.25, -0.2) is 17.2 Å². The van der Waals surface area contributed by atoms with Gasteiger partial charge in [0.1, 0.15) is 0 Å². The van der Waals surface area contributed by atoms with Crippen LogP contribution < -0.4 is 4.74 Å². The van der Waals surface area contributed by atoms with Crippen LogP contribution in [0.4, 0.5) is 0 Å². The van der Waals surface area contributed by atoms with Crippen molar-refractivity contribution in [2.24, 2.45) is 0 Å². The summed E-state index contributed by atoms with van der Waals surface area (Å²) in [4.78, 5) is 24.5. The van der Waals surface area contributed by atoms with Crippen molar-refractivity contribution >= 4 is 43.7 Å². The minimum Gasteiger partial charge on any atom is -0.492 e. The molecule has 0 aliphatic carbocycles. The van der Waals surface area contributed by atoms with Crippen LogP contribution in [0.15, 0.2) is 64.0 Å². The number of carbonyl (C=O) groups excluding carboxylic acids is 2. The van der Waals surface area contributed by atoms with Gasteiger partial charge in [0.05, 0.1) is 30.2 Å². The van der Waals surface area contributed by atoms with Crippen LogP contribution in [-0.2, 0) is 14.8 Å². The van der Waals surface area contributed by atoms with Gasteiger partial charge < -0.3 is 13.9 Å². The van der Waals surface area contributed by atoms with Crippen molar-refractivity contribution in [1.29, 1.82) is 0 Å². The maximum Gasteiger partial charge on any atom is 0.374 e. The van der Waals surface area contributed by atoms with E-state index in [1.807, 2.05) is 6.92 Å². The summed E-state index contributed by atoms with van der Waals surface area (Å²) in [6, 6.07) is 13.1. The van der Waals surface area contributed by atoms with Crippen LogP contribution in [0.2, 0.25) is 0 Å². The molecule has 0 fully saturated rings. The summed E-state index contributed by atoms with van der Waals surface area (Å²) in [5.41, 5.74) is 1.61. The lowest BCUT2D eigenvalue weighted by Gasteiger charge is -2.07. The van der Waals surface area contributed by atoms with E-state index >= 15 is 0 Å². The molecule has 170 valence electrons. The zero-order valence-electron chi connectivity index (χ0n) is 17.8. The number of halogens is 1. The molecule has 8 nitrogen and oxygen atoms in total. The first kappa shape index (κ1) is 22.6. The molecule has 4 rings (SSSR count). The van der Waals surface area contributed by atoms with Gasteiger partial charge in [0.2, 0.25) is 11.5 Å². The number of fused-ring (bicyclic) bond motifs is 1. The Balaban J connectivity index is 2.07. The molecule has 4 aromatic rings. The molecule has 0 saturated heterocycles. The molecular weight excluding hydrogens is 470 g/mol. The van der Waals surface area contributed by atoms with Gasteiger partial charge in [0, 0.05) is 17.1 Å². The number of ether oxygens (including phenoxy) is 2. The molecule has 33 heavy (non-hydrogen) atoms. The van der Waals surface area contributed by atoms with Crippen LogP contribution in [0.25, 0.3) is 22.0 Å². The lowest BCUT2D eigenvalue weighted by atomic mass is 10.0. The molecule has 0 N–H and O–H groups in total. The molecule has 2 heterocycles. The van der Waals surface area contributed by atoms with Crippen LogP contribution in [0, 0.1) is 6.92 Å². The van der Waals surface area contributed by atoms with E-state index in [0.29, 0.717) is 10.9 Å². The van der Waals surface area contributed by atoms with E-state index in [1.54, 1.807) is 36.4 Å². The Morgan fingerprint density at radius 1 is 1.00 bits per heavy atom. The smallest absolute Gasteiger partial charge is 0.374 e. The fourth-order valence-corrected chi connectivity index (χ4v) is 5.09. The van der Waals surface area contributed by atoms with Crippen molar-refractivity contribution in [1.82, 2.24) is 3.97 Å². The van der Waals surface area contributed by atoms with Crippen molar-refractivity contribution < 1.29 is 31.9 Å². The highest BCUT2D eigenvalue weighted by molar-refractivity contribution is 7.90. The second kappa shape index (κ2) is 8.42. The SMILES string of the molecule is COC(=O)c1oc(C(=O)Cl)c(OC)c1-c1cn(S(=O)(=O)c2ccc(C)cc2)c2ccccc12. The number of hydrogen-bond acceptors (Lipinski definition) is 7. The maximum absolute atomic E-state index is 13.5. The number of benzene rings is 2. The van der Waals surface area contributed by atoms with Crippen LogP contribution in [0.3, 0.4) is 0 Å². The Labute approximate surface area is 194 Å². The summed E-state index contributed by atoms with van der Waals surface area (Å²) >= 11 is 5.63. The summed E-state index contributed by atoms with van der Waals surface area (Å²) in [5, 5.41) is -0.509. The monoisotopic (exact) mass is 487 g/mol. The van der Waals surface area contributed by atoms with Gasteiger partial charge in [-0.15, -0.1) is 0 Å². The average molecular weight is 488 g/mol. The molecule has 0 radical (unpaired) electrons. The predicted molar refractivity (Wildman–Crippen MR) is 121 cm³/mol. The molecule has 0 saturated carbocycles. The minimum absolute atomic E-state index is 0.0578. The molecule has 0 spiro atoms. The fraction of sp³-hybridized carbons (Fsp3) is 0.130. The first-order valence-corrected chi connectivity index (χ1v) is 11.4. The number of aromatic nitrogens is 1. The van der Waals surface area contributed by atoms with Gasteiger partial charge in [-0.05, 0) is 36.7 Å². The van der Waals surface area contributed by atoms with E-state index in [0.717, 1.165) is 16.6 Å². The van der Waals surface area contributed by atoms with E-state index in [9.17, 15) is 18.0 Å². The van der Waals surface area contributed by atoms with Crippen LogP contribution in [0.1, 0.15) is 26.7 Å². The number of nitrogens with zero attached hydrogens (tertiary/aromatic N) is 1. The molecule has 0 aliphatic rings. The normalized spacial score (nSPS) is 11.5. The van der Waals surface area contributed by atoms with Gasteiger partial charge in [-0.2, -0.15) is 0 Å². The highest BCUT2D eigenvalue weighted by Crippen LogP contribution is 2.44. The van der Waals surface area contributed by atoms with E-state index in [4.69, 9.17) is 25.5 Å². The molecule has 0 amide bonds. The number of hydrogen-bond donors (Lipinski definition) is 0. The first-order valence-electron chi connectivity index (χ1n) is 9.62. The maximum atomic E-state index is 13.5. The summed E-state index contributed by atoms with van der Waals surface area (Å²) in [7, 11) is -1.58. The number of methoxy groups -OCH3 is 2. The van der Waals surface area contributed by atoms with E-state index < -0.39 is 27.0 Å². The number of para-hydroxylation sites is 1. The molecular formula is C23H18ClNO7S. The first-order chi connectivity index (χ1) is 15.7. The predicted octanol–water partition coefficient (Wildman–Crippen LogP) is 4.62. The topological polar surface area (TPSA) is 105 Å². The second-order valence-corrected chi connectivity index (χ2v) is 9.27. The number of aryl methyl sites for hydroxylation is 1. The summed E-state index contributed by atoms with van der Waals surface area (Å²) in [5.74, 6) is -1.72. The molecule has 10 heteroatoms. The highest BCUT2D eigenvalue weighted by Gasteiger charge is 2.33. The van der Waals surface area contributed by atoms with Crippen LogP contribution in [0.5, 0.6) is 5.75 Å². The number of rotatable bonds is 6. The Morgan fingerprint density at radius 2 is 1.67 bits per heavy atom. The van der Waals surface area contributed by atoms with Gasteiger partial charge in [0.25, 0.3) is 15.3 Å². The zero-order valence-corrected chi connectivity index (χ0v) is 19.4. The third-order valence-electron chi connectivity index (χ3n) is 5.14. The molecule has 2 aromatic carbocycles. The Kier molecular flexibility index (Phi) is 5.77. The molecule has 0 aliphatic heterocycles. The lowest BCUT2D eigenvalue weighted by Crippen LogP contribution is -2.11. The van der Waals surface area contributed by atoms with Crippen molar-refractivity contribution in [3.63, 3.8) is 0 Å². The van der Waals surface area contributed by atoms with E-state index in [-0.39, 0.29) is 27.5 Å². The quantitative estimate of drug-likeness (QED) is 0.288. The molecule has 0 bridgehead atoms.